The maximum Gasteiger partial charge on any atom is 0.252 e. The predicted molar refractivity (Wildman–Crippen MR) is 188 cm³/mol. The van der Waals surface area contributed by atoms with E-state index in [0.717, 1.165) is 37.5 Å². The zero-order valence-electron chi connectivity index (χ0n) is 30.2. The van der Waals surface area contributed by atoms with E-state index in [1.165, 1.54) is 13.8 Å². The second-order valence-electron chi connectivity index (χ2n) is 15.6. The number of carbonyl (C=O) groups is 3. The summed E-state index contributed by atoms with van der Waals surface area (Å²) in [5, 5.41) is 31.4. The van der Waals surface area contributed by atoms with Gasteiger partial charge in [0.1, 0.15) is 11.6 Å². The summed E-state index contributed by atoms with van der Waals surface area (Å²) in [7, 11) is -3.90. The molecule has 0 aromatic heterocycles. The van der Waals surface area contributed by atoms with Crippen molar-refractivity contribution in [2.75, 3.05) is 19.3 Å². The highest BCUT2D eigenvalue weighted by atomic mass is 32.2. The van der Waals surface area contributed by atoms with Crippen molar-refractivity contribution in [3.8, 4) is 0 Å². The summed E-state index contributed by atoms with van der Waals surface area (Å²) in [6, 6.07) is 6.43. The molecule has 3 rings (SSSR count). The lowest BCUT2D eigenvalue weighted by Crippen LogP contribution is -2.65. The van der Waals surface area contributed by atoms with Crippen molar-refractivity contribution in [3.05, 3.63) is 35.9 Å². The summed E-state index contributed by atoms with van der Waals surface area (Å²) in [4.78, 5) is 43.1. The van der Waals surface area contributed by atoms with E-state index in [0.29, 0.717) is 24.8 Å². The van der Waals surface area contributed by atoms with Gasteiger partial charge in [-0.15, -0.1) is 0 Å². The van der Waals surface area contributed by atoms with Gasteiger partial charge in [-0.3, -0.25) is 19.3 Å². The van der Waals surface area contributed by atoms with Gasteiger partial charge >= 0.3 is 0 Å². The molecule has 12 heteroatoms. The van der Waals surface area contributed by atoms with E-state index in [2.05, 4.69) is 16.0 Å². The topological polar surface area (TPSA) is 165 Å². The molecule has 2 aliphatic rings. The van der Waals surface area contributed by atoms with E-state index in [9.17, 15) is 33.0 Å². The number of piperidine rings is 1. The number of aliphatic hydroxyl groups excluding tert-OH is 1. The maximum absolute atomic E-state index is 14.1. The molecule has 11 nitrogen and oxygen atoms in total. The minimum atomic E-state index is -3.90. The number of nitrogens with zero attached hydrogens (tertiary/aromatic N) is 1. The lowest BCUT2D eigenvalue weighted by molar-refractivity contribution is -0.144. The zero-order chi connectivity index (χ0) is 36.1. The van der Waals surface area contributed by atoms with Crippen molar-refractivity contribution in [1.82, 2.24) is 20.9 Å². The first-order valence-electron chi connectivity index (χ1n) is 17.5. The van der Waals surface area contributed by atoms with Crippen LogP contribution in [0.15, 0.2) is 30.3 Å². The average Bonchev–Trinajstić information content (AvgIpc) is 3.01. The molecule has 5 N–H and O–H groups in total. The number of sulfone groups is 1. The molecule has 0 spiro atoms. The summed E-state index contributed by atoms with van der Waals surface area (Å²) in [5.41, 5.74) is -1.38. The molecular weight excluding hydrogens is 632 g/mol. The number of amides is 3. The van der Waals surface area contributed by atoms with Crippen LogP contribution in [0.2, 0.25) is 0 Å². The van der Waals surface area contributed by atoms with Crippen LogP contribution in [0.25, 0.3) is 0 Å². The summed E-state index contributed by atoms with van der Waals surface area (Å²) in [6.45, 7) is 12.6. The molecule has 48 heavy (non-hydrogen) atoms. The van der Waals surface area contributed by atoms with Gasteiger partial charge < -0.3 is 26.2 Å². The number of fused-ring (bicyclic) bond motifs is 1. The molecule has 2 fully saturated rings. The quantitative estimate of drug-likeness (QED) is 0.199. The van der Waals surface area contributed by atoms with Crippen LogP contribution in [0.1, 0.15) is 99.0 Å². The van der Waals surface area contributed by atoms with Crippen molar-refractivity contribution in [2.45, 2.75) is 140 Å². The Morgan fingerprint density at radius 1 is 0.958 bits per heavy atom. The van der Waals surface area contributed by atoms with Gasteiger partial charge in [0.05, 0.1) is 22.9 Å². The van der Waals surface area contributed by atoms with Crippen molar-refractivity contribution in [2.24, 2.45) is 11.8 Å². The average molecular weight is 693 g/mol. The number of rotatable bonds is 14. The van der Waals surface area contributed by atoms with Gasteiger partial charge in [0, 0.05) is 24.9 Å². The highest BCUT2D eigenvalue weighted by molar-refractivity contribution is 7.92. The highest BCUT2D eigenvalue weighted by Gasteiger charge is 2.48. The maximum atomic E-state index is 14.1. The first-order valence-corrected chi connectivity index (χ1v) is 19.4. The number of aliphatic hydroxyl groups is 2. The first kappa shape index (κ1) is 39.9. The number of benzene rings is 1. The van der Waals surface area contributed by atoms with Gasteiger partial charge in [-0.1, -0.05) is 63.4 Å². The van der Waals surface area contributed by atoms with Crippen LogP contribution in [0.3, 0.4) is 0 Å². The van der Waals surface area contributed by atoms with Crippen LogP contribution in [-0.4, -0.2) is 101 Å². The van der Waals surface area contributed by atoms with Gasteiger partial charge in [-0.2, -0.15) is 0 Å². The van der Waals surface area contributed by atoms with Gasteiger partial charge in [0.2, 0.25) is 11.8 Å². The standard InChI is InChI=1S/C36H60N4O7S/c1-9-36(45,10-2)33(44)38-30(35(6,7)48(8,46)47)32(43)37-27(20-24-16-12-11-13-17-24)29(41)23-40-22-26-19-15-14-18-25(26)21-28(40)31(42)39-34(3,4)5/h11-13,16-17,25-30,41,45H,9-10,14-15,18-23H2,1-8H3,(H,37,43)(H,38,44)(H,39,42)/t25?,26?,27-,28-,29+,30+/m0/s1. The van der Waals surface area contributed by atoms with Crippen molar-refractivity contribution in [3.63, 3.8) is 0 Å². The Morgan fingerprint density at radius 2 is 1.54 bits per heavy atom. The Hall–Kier alpha value is -2.54. The van der Waals surface area contributed by atoms with E-state index in [-0.39, 0.29) is 31.7 Å². The predicted octanol–water partition coefficient (Wildman–Crippen LogP) is 2.73. The number of likely N-dealkylation sites (tertiary alicyclic amines) is 1. The largest absolute Gasteiger partial charge is 0.390 e. The summed E-state index contributed by atoms with van der Waals surface area (Å²) < 4.78 is 24.2. The molecule has 1 aromatic rings. The number of β-amino-alcohol motifs (C(OH)–C–C–N with tert-alkyl or cyclic N) is 1. The van der Waals surface area contributed by atoms with Crippen LogP contribution in [0.4, 0.5) is 0 Å². The fourth-order valence-electron chi connectivity index (χ4n) is 7.02. The second kappa shape index (κ2) is 16.0. The third kappa shape index (κ3) is 10.0. The van der Waals surface area contributed by atoms with E-state index in [1.54, 1.807) is 13.8 Å². The van der Waals surface area contributed by atoms with E-state index >= 15 is 0 Å². The van der Waals surface area contributed by atoms with Crippen molar-refractivity contribution >= 4 is 27.6 Å². The molecule has 1 saturated heterocycles. The van der Waals surface area contributed by atoms with Crippen LogP contribution in [0.5, 0.6) is 0 Å². The zero-order valence-corrected chi connectivity index (χ0v) is 31.0. The van der Waals surface area contributed by atoms with Crippen molar-refractivity contribution in [1.29, 1.82) is 0 Å². The molecule has 0 bridgehead atoms. The molecule has 3 amide bonds. The smallest absolute Gasteiger partial charge is 0.252 e. The van der Waals surface area contributed by atoms with Crippen molar-refractivity contribution < 1.29 is 33.0 Å². The minimum absolute atomic E-state index is 0.0694. The van der Waals surface area contributed by atoms with Gasteiger partial charge in [-0.05, 0) is 84.1 Å². The Morgan fingerprint density at radius 3 is 2.08 bits per heavy atom. The highest BCUT2D eigenvalue weighted by Crippen LogP contribution is 2.39. The van der Waals surface area contributed by atoms with E-state index < -0.39 is 61.8 Å². The van der Waals surface area contributed by atoms with Gasteiger partial charge in [0.15, 0.2) is 9.84 Å². The normalized spacial score (nSPS) is 22.9. The van der Waals surface area contributed by atoms with Crippen LogP contribution in [-0.2, 0) is 30.6 Å². The molecule has 1 aliphatic heterocycles. The van der Waals surface area contributed by atoms with Crippen LogP contribution >= 0.6 is 0 Å². The Labute approximate surface area is 287 Å². The molecule has 272 valence electrons. The number of hydrogen-bond donors (Lipinski definition) is 5. The molecule has 1 saturated carbocycles. The van der Waals surface area contributed by atoms with Gasteiger partial charge in [-0.25, -0.2) is 8.42 Å². The lowest BCUT2D eigenvalue weighted by atomic mass is 9.72. The fourth-order valence-corrected chi connectivity index (χ4v) is 7.61. The van der Waals surface area contributed by atoms with Gasteiger partial charge in [0.25, 0.3) is 5.91 Å². The molecule has 2 unspecified atom stereocenters. The second-order valence-corrected chi connectivity index (χ2v) is 18.2. The summed E-state index contributed by atoms with van der Waals surface area (Å²) in [5.74, 6) is -0.860. The molecule has 1 aromatic carbocycles. The Bertz CT molecular complexity index is 1360. The fraction of sp³-hybridized carbons (Fsp3) is 0.750. The molecule has 1 aliphatic carbocycles. The van der Waals surface area contributed by atoms with Crippen LogP contribution in [0, 0.1) is 11.8 Å². The summed E-state index contributed by atoms with van der Waals surface area (Å²) >= 11 is 0. The minimum Gasteiger partial charge on any atom is -0.390 e. The number of nitrogens with one attached hydrogen (secondary N) is 3. The monoisotopic (exact) mass is 692 g/mol. The van der Waals surface area contributed by atoms with E-state index in [4.69, 9.17) is 0 Å². The molecule has 1 heterocycles. The lowest BCUT2D eigenvalue weighted by Gasteiger charge is -2.47. The SMILES string of the molecule is CCC(O)(CC)C(=O)N[C@H](C(=O)N[C@@H](Cc1ccccc1)[C@H](O)CN1CC2CCCCC2C[C@H]1C(=O)NC(C)(C)C)C(C)(C)S(C)(=O)=O. The summed E-state index contributed by atoms with van der Waals surface area (Å²) in [6.07, 6.45) is 5.36. The molecule has 0 radical (unpaired) electrons. The molecule has 6 atom stereocenters. The Balaban J connectivity index is 1.96. The Kier molecular flexibility index (Phi) is 13.3. The third-order valence-electron chi connectivity index (χ3n) is 10.6. The van der Waals surface area contributed by atoms with Crippen LogP contribution < -0.4 is 16.0 Å². The third-order valence-corrected chi connectivity index (χ3v) is 12.7. The van der Waals surface area contributed by atoms with E-state index in [1.807, 2.05) is 56.0 Å². The molecular formula is C36H60N4O7S. The number of carbonyl (C=O) groups excluding carboxylic acids is 3. The number of hydrogen-bond acceptors (Lipinski definition) is 8. The first-order chi connectivity index (χ1) is 22.2.